The van der Waals surface area contributed by atoms with Crippen molar-refractivity contribution in [1.29, 1.82) is 0 Å². The Bertz CT molecular complexity index is 344. The molecule has 1 aromatic rings. The lowest BCUT2D eigenvalue weighted by Crippen LogP contribution is -2.12. The first kappa shape index (κ1) is 6.84. The first-order chi connectivity index (χ1) is 5.77. The van der Waals surface area contributed by atoms with E-state index in [9.17, 15) is 0 Å². The molecule has 0 spiro atoms. The van der Waals surface area contributed by atoms with E-state index in [1.807, 2.05) is 0 Å². The number of aliphatic imine (C=N–C) groups is 1. The number of hydrogen-bond acceptors (Lipinski definition) is 6. The maximum absolute atomic E-state index is 5.56. The molecule has 1 aliphatic heterocycles. The van der Waals surface area contributed by atoms with Gasteiger partial charge in [0.2, 0.25) is 5.95 Å². The Balaban J connectivity index is 2.62. The molecule has 12 heavy (non-hydrogen) atoms. The Hall–Kier alpha value is -1.85. The quantitative estimate of drug-likeness (QED) is 0.491. The van der Waals surface area contributed by atoms with Crippen LogP contribution in [-0.2, 0) is 0 Å². The number of nitrogens with one attached hydrogen (secondary N) is 1. The van der Waals surface area contributed by atoms with Crippen LogP contribution in [-0.4, -0.2) is 22.7 Å². The van der Waals surface area contributed by atoms with Crippen molar-refractivity contribution in [3.8, 4) is 0 Å². The summed E-state index contributed by atoms with van der Waals surface area (Å²) in [6, 6.07) is 0. The Morgan fingerprint density at radius 1 is 1.33 bits per heavy atom. The van der Waals surface area contributed by atoms with Gasteiger partial charge in [0, 0.05) is 6.21 Å². The van der Waals surface area contributed by atoms with Gasteiger partial charge in [0.15, 0.2) is 11.6 Å². The number of nitrogens with zero attached hydrogens (tertiary/aromatic N) is 3. The number of aromatic nitrogens is 2. The van der Waals surface area contributed by atoms with Gasteiger partial charge < -0.3 is 16.8 Å². The minimum Gasteiger partial charge on any atom is -0.382 e. The molecule has 0 saturated carbocycles. The zero-order chi connectivity index (χ0) is 8.55. The molecule has 1 aliphatic rings. The van der Waals surface area contributed by atoms with Crippen LogP contribution in [0.1, 0.15) is 0 Å². The summed E-state index contributed by atoms with van der Waals surface area (Å²) in [7, 11) is 0. The Morgan fingerprint density at radius 2 is 2.17 bits per heavy atom. The van der Waals surface area contributed by atoms with Gasteiger partial charge in [-0.15, -0.1) is 0 Å². The van der Waals surface area contributed by atoms with E-state index in [1.165, 1.54) is 0 Å². The van der Waals surface area contributed by atoms with E-state index in [0.717, 1.165) is 0 Å². The number of nitrogen functional groups attached to an aromatic ring is 2. The van der Waals surface area contributed by atoms with Crippen molar-refractivity contribution in [2.75, 3.05) is 23.3 Å². The Kier molecular flexibility index (Phi) is 1.33. The van der Waals surface area contributed by atoms with Gasteiger partial charge in [-0.2, -0.15) is 9.97 Å². The molecule has 0 bridgehead atoms. The molecule has 0 atom stereocenters. The second kappa shape index (κ2) is 2.33. The highest BCUT2D eigenvalue weighted by atomic mass is 15.1. The predicted molar refractivity (Wildman–Crippen MR) is 47.5 cm³/mol. The van der Waals surface area contributed by atoms with Crippen LogP contribution < -0.4 is 16.8 Å². The number of rotatable bonds is 0. The lowest BCUT2D eigenvalue weighted by atomic mass is 10.4. The normalized spacial score (nSPS) is 13.7. The number of anilines is 3. The lowest BCUT2D eigenvalue weighted by molar-refractivity contribution is 1.15. The van der Waals surface area contributed by atoms with E-state index in [2.05, 4.69) is 20.3 Å². The summed E-state index contributed by atoms with van der Waals surface area (Å²) in [6.45, 7) is 0.642. The van der Waals surface area contributed by atoms with Gasteiger partial charge in [0.25, 0.3) is 0 Å². The van der Waals surface area contributed by atoms with Gasteiger partial charge in [-0.05, 0) is 0 Å². The van der Waals surface area contributed by atoms with Gasteiger partial charge in [0.05, 0.1) is 6.54 Å². The number of hydrogen-bond donors (Lipinski definition) is 3. The summed E-state index contributed by atoms with van der Waals surface area (Å²) >= 11 is 0. The third-order valence-corrected chi connectivity index (χ3v) is 1.51. The fraction of sp³-hybridized carbons (Fsp3) is 0.167. The van der Waals surface area contributed by atoms with Crippen LogP contribution in [0.15, 0.2) is 4.99 Å². The molecule has 0 radical (unpaired) electrons. The molecule has 5 N–H and O–H groups in total. The van der Waals surface area contributed by atoms with Crippen LogP contribution in [0.4, 0.5) is 23.3 Å². The number of nitrogens with two attached hydrogens (primary N) is 2. The molecule has 62 valence electrons. The topological polar surface area (TPSA) is 102 Å². The Labute approximate surface area is 68.7 Å². The third kappa shape index (κ3) is 0.931. The van der Waals surface area contributed by atoms with E-state index >= 15 is 0 Å². The molecule has 0 fully saturated rings. The maximum atomic E-state index is 5.56. The second-order valence-corrected chi connectivity index (χ2v) is 2.36. The van der Waals surface area contributed by atoms with Crippen LogP contribution >= 0.6 is 0 Å². The van der Waals surface area contributed by atoms with Crippen LogP contribution in [0.25, 0.3) is 0 Å². The minimum absolute atomic E-state index is 0.163. The summed E-state index contributed by atoms with van der Waals surface area (Å²) in [5.74, 6) is 1.07. The first-order valence-electron chi connectivity index (χ1n) is 3.47. The largest absolute Gasteiger partial charge is 0.382 e. The van der Waals surface area contributed by atoms with Crippen LogP contribution in [0.2, 0.25) is 0 Å². The molecule has 0 saturated heterocycles. The molecule has 0 amide bonds. The van der Waals surface area contributed by atoms with Gasteiger partial charge in [0.1, 0.15) is 5.69 Å². The molecule has 2 heterocycles. The highest BCUT2D eigenvalue weighted by Gasteiger charge is 2.11. The molecule has 1 aromatic heterocycles. The fourth-order valence-corrected chi connectivity index (χ4v) is 1.02. The summed E-state index contributed by atoms with van der Waals surface area (Å²) in [4.78, 5) is 11.8. The first-order valence-corrected chi connectivity index (χ1v) is 3.47. The number of fused-ring (bicyclic) bond motifs is 1. The van der Waals surface area contributed by atoms with Gasteiger partial charge >= 0.3 is 0 Å². The molecular formula is C6H8N6. The average molecular weight is 164 g/mol. The summed E-state index contributed by atoms with van der Waals surface area (Å²) in [5.41, 5.74) is 11.5. The molecule has 2 rings (SSSR count). The van der Waals surface area contributed by atoms with E-state index < -0.39 is 0 Å². The van der Waals surface area contributed by atoms with E-state index in [-0.39, 0.29) is 5.95 Å². The zero-order valence-electron chi connectivity index (χ0n) is 6.28. The van der Waals surface area contributed by atoms with Crippen molar-refractivity contribution < 1.29 is 0 Å². The highest BCUT2D eigenvalue weighted by Crippen LogP contribution is 2.29. The van der Waals surface area contributed by atoms with Gasteiger partial charge in [-0.25, -0.2) is 0 Å². The lowest BCUT2D eigenvalue weighted by Gasteiger charge is -2.11. The summed E-state index contributed by atoms with van der Waals surface area (Å²) in [5, 5.41) is 2.98. The summed E-state index contributed by atoms with van der Waals surface area (Å²) < 4.78 is 0. The van der Waals surface area contributed by atoms with Crippen LogP contribution in [0.3, 0.4) is 0 Å². The molecule has 6 nitrogen and oxygen atoms in total. The van der Waals surface area contributed by atoms with Crippen molar-refractivity contribution in [2.24, 2.45) is 4.99 Å². The average Bonchev–Trinajstić information content (AvgIpc) is 2.04. The molecular weight excluding hydrogens is 156 g/mol. The fourth-order valence-electron chi connectivity index (χ4n) is 1.02. The zero-order valence-corrected chi connectivity index (χ0v) is 6.28. The predicted octanol–water partition coefficient (Wildman–Crippen LogP) is -0.231. The molecule has 0 aromatic carbocycles. The molecule has 0 unspecified atom stereocenters. The van der Waals surface area contributed by atoms with Crippen LogP contribution in [0, 0.1) is 0 Å². The van der Waals surface area contributed by atoms with Crippen LogP contribution in [0.5, 0.6) is 0 Å². The maximum Gasteiger partial charge on any atom is 0.224 e. The van der Waals surface area contributed by atoms with Gasteiger partial charge in [-0.3, -0.25) is 4.99 Å². The standard InChI is InChI=1S/C6H8N6/c7-4-3-5(10-2-1-9-3)12-6(8)11-4/h1H,2H2,(H5,7,8,10,11,12). The molecule has 0 aliphatic carbocycles. The minimum atomic E-state index is 0.163. The van der Waals surface area contributed by atoms with E-state index in [0.29, 0.717) is 23.9 Å². The highest BCUT2D eigenvalue weighted by molar-refractivity contribution is 5.84. The Morgan fingerprint density at radius 3 is 3.00 bits per heavy atom. The second-order valence-electron chi connectivity index (χ2n) is 2.36. The SMILES string of the molecule is Nc1nc(N)c2c(n1)NCC=N2. The van der Waals surface area contributed by atoms with Gasteiger partial charge in [-0.1, -0.05) is 0 Å². The summed E-state index contributed by atoms with van der Waals surface area (Å²) in [6.07, 6.45) is 1.71. The monoisotopic (exact) mass is 164 g/mol. The van der Waals surface area contributed by atoms with E-state index in [4.69, 9.17) is 11.5 Å². The smallest absolute Gasteiger partial charge is 0.224 e. The van der Waals surface area contributed by atoms with Crippen molar-refractivity contribution >= 4 is 29.5 Å². The third-order valence-electron chi connectivity index (χ3n) is 1.51. The van der Waals surface area contributed by atoms with Crippen molar-refractivity contribution in [3.63, 3.8) is 0 Å². The van der Waals surface area contributed by atoms with Crippen molar-refractivity contribution in [1.82, 2.24) is 9.97 Å². The van der Waals surface area contributed by atoms with Crippen molar-refractivity contribution in [3.05, 3.63) is 0 Å². The van der Waals surface area contributed by atoms with E-state index in [1.54, 1.807) is 6.21 Å². The van der Waals surface area contributed by atoms with Crippen molar-refractivity contribution in [2.45, 2.75) is 0 Å². The molecule has 6 heteroatoms.